The molecule has 1 aromatic carbocycles. The van der Waals surface area contributed by atoms with Crippen LogP contribution in [0.25, 0.3) is 0 Å². The number of carbonyl (C=O) groups excluding carboxylic acids is 1. The van der Waals surface area contributed by atoms with E-state index in [0.717, 1.165) is 23.4 Å². The lowest BCUT2D eigenvalue weighted by molar-refractivity contribution is -0.131. The summed E-state index contributed by atoms with van der Waals surface area (Å²) in [4.78, 5) is 16.9. The van der Waals surface area contributed by atoms with Crippen molar-refractivity contribution in [3.63, 3.8) is 0 Å². The van der Waals surface area contributed by atoms with E-state index < -0.39 is 6.10 Å². The van der Waals surface area contributed by atoms with Gasteiger partial charge in [-0.15, -0.1) is 0 Å². The van der Waals surface area contributed by atoms with Gasteiger partial charge in [0.2, 0.25) is 6.10 Å². The predicted octanol–water partition coefficient (Wildman–Crippen LogP) is 1.71. The highest BCUT2D eigenvalue weighted by Gasteiger charge is 2.28. The summed E-state index contributed by atoms with van der Waals surface area (Å²) in [7, 11) is 1.62. The second-order valence-corrected chi connectivity index (χ2v) is 4.36. The molecule has 0 saturated carbocycles. The van der Waals surface area contributed by atoms with Crippen LogP contribution in [-0.4, -0.2) is 31.4 Å². The fourth-order valence-corrected chi connectivity index (χ4v) is 1.83. The lowest BCUT2D eigenvalue weighted by Crippen LogP contribution is -2.35. The van der Waals surface area contributed by atoms with Gasteiger partial charge in [0, 0.05) is 13.0 Å². The molecule has 0 aromatic heterocycles. The van der Waals surface area contributed by atoms with Gasteiger partial charge in [-0.25, -0.2) is 0 Å². The fourth-order valence-electron chi connectivity index (χ4n) is 1.83. The number of nitrogens with one attached hydrogen (secondary N) is 1. The molecular weight excluding hydrogens is 244 g/mol. The lowest BCUT2D eigenvalue weighted by Gasteiger charge is -2.08. The molecule has 1 unspecified atom stereocenters. The standard InChI is InChI=1S/C14H18N2O3/c1-3-8-15-14(17)13-9-12(16-19-13)10-4-6-11(18-2)7-5-10/h4-7,13H,3,8-9H2,1-2H3,(H,15,17). The number of amides is 1. The SMILES string of the molecule is CCCNC(=O)C1CC(c2ccc(OC)cc2)=NO1. The van der Waals surface area contributed by atoms with Crippen molar-refractivity contribution >= 4 is 11.6 Å². The summed E-state index contributed by atoms with van der Waals surface area (Å²) in [6, 6.07) is 7.55. The van der Waals surface area contributed by atoms with E-state index in [4.69, 9.17) is 9.57 Å². The minimum Gasteiger partial charge on any atom is -0.497 e. The molecule has 1 aliphatic heterocycles. The smallest absolute Gasteiger partial charge is 0.264 e. The molecule has 0 spiro atoms. The number of hydrogen-bond donors (Lipinski definition) is 1. The molecule has 0 aliphatic carbocycles. The van der Waals surface area contributed by atoms with Crippen molar-refractivity contribution < 1.29 is 14.4 Å². The topological polar surface area (TPSA) is 59.9 Å². The van der Waals surface area contributed by atoms with Gasteiger partial charge in [0.25, 0.3) is 5.91 Å². The maximum atomic E-state index is 11.8. The van der Waals surface area contributed by atoms with Crippen LogP contribution in [0.4, 0.5) is 0 Å². The highest BCUT2D eigenvalue weighted by Crippen LogP contribution is 2.19. The molecule has 5 nitrogen and oxygen atoms in total. The highest BCUT2D eigenvalue weighted by molar-refractivity contribution is 6.04. The zero-order valence-corrected chi connectivity index (χ0v) is 11.2. The van der Waals surface area contributed by atoms with E-state index in [2.05, 4.69) is 10.5 Å². The molecule has 0 radical (unpaired) electrons. The Labute approximate surface area is 112 Å². The van der Waals surface area contributed by atoms with Crippen molar-refractivity contribution in [1.82, 2.24) is 5.32 Å². The third-order valence-electron chi connectivity index (χ3n) is 2.93. The van der Waals surface area contributed by atoms with Gasteiger partial charge >= 0.3 is 0 Å². The Balaban J connectivity index is 1.95. The van der Waals surface area contributed by atoms with Gasteiger partial charge in [0.15, 0.2) is 0 Å². The van der Waals surface area contributed by atoms with Gasteiger partial charge in [0.05, 0.1) is 12.8 Å². The van der Waals surface area contributed by atoms with E-state index in [1.54, 1.807) is 7.11 Å². The van der Waals surface area contributed by atoms with E-state index in [1.807, 2.05) is 31.2 Å². The molecule has 1 aromatic rings. The fraction of sp³-hybridized carbons (Fsp3) is 0.429. The largest absolute Gasteiger partial charge is 0.497 e. The summed E-state index contributed by atoms with van der Waals surface area (Å²) >= 11 is 0. The number of carbonyl (C=O) groups is 1. The van der Waals surface area contributed by atoms with Crippen LogP contribution in [0.5, 0.6) is 5.75 Å². The Morgan fingerprint density at radius 1 is 1.47 bits per heavy atom. The average molecular weight is 262 g/mol. The first kappa shape index (κ1) is 13.4. The van der Waals surface area contributed by atoms with E-state index in [9.17, 15) is 4.79 Å². The summed E-state index contributed by atoms with van der Waals surface area (Å²) in [6.07, 6.45) is 0.899. The third-order valence-corrected chi connectivity index (χ3v) is 2.93. The van der Waals surface area contributed by atoms with Crippen molar-refractivity contribution in [2.24, 2.45) is 5.16 Å². The Morgan fingerprint density at radius 2 is 2.21 bits per heavy atom. The van der Waals surface area contributed by atoms with E-state index in [-0.39, 0.29) is 5.91 Å². The van der Waals surface area contributed by atoms with Crippen LogP contribution in [0.1, 0.15) is 25.3 Å². The number of rotatable bonds is 5. The number of hydrogen-bond acceptors (Lipinski definition) is 4. The minimum atomic E-state index is -0.511. The summed E-state index contributed by atoms with van der Waals surface area (Å²) in [5.74, 6) is 0.689. The summed E-state index contributed by atoms with van der Waals surface area (Å²) in [5, 5.41) is 6.79. The highest BCUT2D eigenvalue weighted by atomic mass is 16.6. The first-order chi connectivity index (χ1) is 9.24. The molecule has 19 heavy (non-hydrogen) atoms. The normalized spacial score (nSPS) is 17.6. The van der Waals surface area contributed by atoms with Crippen molar-refractivity contribution in [3.05, 3.63) is 29.8 Å². The van der Waals surface area contributed by atoms with Crippen molar-refractivity contribution in [2.45, 2.75) is 25.9 Å². The van der Waals surface area contributed by atoms with E-state index in [1.165, 1.54) is 0 Å². The molecule has 0 saturated heterocycles. The van der Waals surface area contributed by atoms with Crippen LogP contribution in [0.15, 0.2) is 29.4 Å². The molecular formula is C14H18N2O3. The number of nitrogens with zero attached hydrogens (tertiary/aromatic N) is 1. The second-order valence-electron chi connectivity index (χ2n) is 4.36. The quantitative estimate of drug-likeness (QED) is 0.878. The summed E-state index contributed by atoms with van der Waals surface area (Å²) in [6.45, 7) is 2.67. The van der Waals surface area contributed by atoms with Crippen molar-refractivity contribution in [3.8, 4) is 5.75 Å². The number of oxime groups is 1. The maximum Gasteiger partial charge on any atom is 0.264 e. The predicted molar refractivity (Wildman–Crippen MR) is 72.3 cm³/mol. The Morgan fingerprint density at radius 3 is 2.84 bits per heavy atom. The lowest BCUT2D eigenvalue weighted by atomic mass is 10.0. The summed E-state index contributed by atoms with van der Waals surface area (Å²) < 4.78 is 5.10. The van der Waals surface area contributed by atoms with E-state index >= 15 is 0 Å². The monoisotopic (exact) mass is 262 g/mol. The average Bonchev–Trinajstić information content (AvgIpc) is 2.94. The van der Waals surface area contributed by atoms with Gasteiger partial charge in [-0.05, 0) is 36.2 Å². The van der Waals surface area contributed by atoms with Crippen molar-refractivity contribution in [2.75, 3.05) is 13.7 Å². The third kappa shape index (κ3) is 3.24. The van der Waals surface area contributed by atoms with Gasteiger partial charge in [-0.2, -0.15) is 0 Å². The second kappa shape index (κ2) is 6.22. The molecule has 102 valence electrons. The molecule has 1 heterocycles. The van der Waals surface area contributed by atoms with Gasteiger partial charge in [-0.1, -0.05) is 12.1 Å². The maximum absolute atomic E-state index is 11.8. The van der Waals surface area contributed by atoms with E-state index in [0.29, 0.717) is 13.0 Å². The first-order valence-electron chi connectivity index (χ1n) is 6.39. The van der Waals surface area contributed by atoms with Gasteiger partial charge in [0.1, 0.15) is 5.75 Å². The number of benzene rings is 1. The van der Waals surface area contributed by atoms with Gasteiger partial charge < -0.3 is 14.9 Å². The zero-order chi connectivity index (χ0) is 13.7. The van der Waals surface area contributed by atoms with Crippen LogP contribution in [0.3, 0.4) is 0 Å². The van der Waals surface area contributed by atoms with Crippen molar-refractivity contribution in [1.29, 1.82) is 0 Å². The molecule has 2 rings (SSSR count). The van der Waals surface area contributed by atoms with Crippen LogP contribution in [0, 0.1) is 0 Å². The first-order valence-corrected chi connectivity index (χ1v) is 6.39. The van der Waals surface area contributed by atoms with Crippen LogP contribution in [0.2, 0.25) is 0 Å². The van der Waals surface area contributed by atoms with Gasteiger partial charge in [-0.3, -0.25) is 4.79 Å². The molecule has 1 N–H and O–H groups in total. The Hall–Kier alpha value is -2.04. The van der Waals surface area contributed by atoms with Crippen LogP contribution in [-0.2, 0) is 9.63 Å². The molecule has 0 bridgehead atoms. The Kier molecular flexibility index (Phi) is 4.39. The molecule has 1 atom stereocenters. The van der Waals surface area contributed by atoms with Crippen LogP contribution >= 0.6 is 0 Å². The Bertz CT molecular complexity index is 468. The molecule has 5 heteroatoms. The molecule has 0 fully saturated rings. The molecule has 1 aliphatic rings. The summed E-state index contributed by atoms with van der Waals surface area (Å²) in [5.41, 5.74) is 1.74. The number of methoxy groups -OCH3 is 1. The molecule has 1 amide bonds. The van der Waals surface area contributed by atoms with Crippen LogP contribution < -0.4 is 10.1 Å². The zero-order valence-electron chi connectivity index (χ0n) is 11.2. The minimum absolute atomic E-state index is 0.103. The number of ether oxygens (including phenoxy) is 1.